The molecule has 0 saturated heterocycles. The first kappa shape index (κ1) is 15.9. The number of benzene rings is 1. The fourth-order valence-corrected chi connectivity index (χ4v) is 3.11. The Labute approximate surface area is 132 Å². The summed E-state index contributed by atoms with van der Waals surface area (Å²) in [4.78, 5) is 3.99. The molecule has 2 N–H and O–H groups in total. The van der Waals surface area contributed by atoms with E-state index >= 15 is 0 Å². The van der Waals surface area contributed by atoms with Gasteiger partial charge in [-0.2, -0.15) is 0 Å². The first-order chi connectivity index (χ1) is 9.94. The van der Waals surface area contributed by atoms with Crippen LogP contribution in [0, 0.1) is 0 Å². The standard InChI is InChI=1S/C14H15BrN2O3S/c15-13-6-14(8-17-7-13)20-9-12(10-21(16,18)19)11-4-2-1-3-5-11/h1-8,12H,9-10H2,(H2,16,18,19). The third kappa shape index (κ3) is 5.45. The van der Waals surface area contributed by atoms with Gasteiger partial charge in [0, 0.05) is 16.6 Å². The maximum absolute atomic E-state index is 11.4. The summed E-state index contributed by atoms with van der Waals surface area (Å²) in [6.07, 6.45) is 3.22. The minimum absolute atomic E-state index is 0.168. The molecule has 0 fully saturated rings. The van der Waals surface area contributed by atoms with Gasteiger partial charge in [0.2, 0.25) is 10.0 Å². The molecule has 0 bridgehead atoms. The molecule has 1 aromatic heterocycles. The van der Waals surface area contributed by atoms with Crippen LogP contribution in [-0.4, -0.2) is 25.8 Å². The smallest absolute Gasteiger partial charge is 0.209 e. The van der Waals surface area contributed by atoms with Crippen molar-refractivity contribution < 1.29 is 13.2 Å². The van der Waals surface area contributed by atoms with Crippen molar-refractivity contribution in [2.45, 2.75) is 5.92 Å². The Balaban J connectivity index is 2.13. The molecule has 2 aromatic rings. The van der Waals surface area contributed by atoms with Gasteiger partial charge in [0.15, 0.2) is 0 Å². The fraction of sp³-hybridized carbons (Fsp3) is 0.214. The highest BCUT2D eigenvalue weighted by Gasteiger charge is 2.19. The minimum Gasteiger partial charge on any atom is -0.491 e. The van der Waals surface area contributed by atoms with Crippen LogP contribution in [0.1, 0.15) is 11.5 Å². The van der Waals surface area contributed by atoms with Gasteiger partial charge < -0.3 is 4.74 Å². The molecule has 0 spiro atoms. The number of ether oxygens (including phenoxy) is 1. The summed E-state index contributed by atoms with van der Waals surface area (Å²) in [7, 11) is -3.59. The summed E-state index contributed by atoms with van der Waals surface area (Å²) >= 11 is 3.30. The Bertz CT molecular complexity index is 692. The summed E-state index contributed by atoms with van der Waals surface area (Å²) in [6, 6.07) is 11.1. The molecular formula is C14H15BrN2O3S. The van der Waals surface area contributed by atoms with E-state index in [1.165, 1.54) is 0 Å². The third-order valence-corrected chi connectivity index (χ3v) is 4.14. The van der Waals surface area contributed by atoms with E-state index in [0.717, 1.165) is 10.0 Å². The normalized spacial score (nSPS) is 12.9. The van der Waals surface area contributed by atoms with Crippen LogP contribution >= 0.6 is 15.9 Å². The van der Waals surface area contributed by atoms with Gasteiger partial charge in [0.25, 0.3) is 0 Å². The van der Waals surface area contributed by atoms with Gasteiger partial charge in [-0.05, 0) is 27.6 Å². The van der Waals surface area contributed by atoms with Gasteiger partial charge in [-0.1, -0.05) is 30.3 Å². The molecule has 7 heteroatoms. The second-order valence-corrected chi connectivity index (χ2v) is 7.16. The molecule has 0 aliphatic carbocycles. The van der Waals surface area contributed by atoms with E-state index < -0.39 is 10.0 Å². The summed E-state index contributed by atoms with van der Waals surface area (Å²) < 4.78 is 29.2. The third-order valence-electron chi connectivity index (χ3n) is 2.84. The maximum atomic E-state index is 11.4. The highest BCUT2D eigenvalue weighted by molar-refractivity contribution is 9.10. The molecule has 1 heterocycles. The molecule has 1 unspecified atom stereocenters. The van der Waals surface area contributed by atoms with Crippen LogP contribution in [0.3, 0.4) is 0 Å². The average Bonchev–Trinajstić information content (AvgIpc) is 2.43. The fourth-order valence-electron chi connectivity index (χ4n) is 1.91. The van der Waals surface area contributed by atoms with Gasteiger partial charge in [0.05, 0.1) is 18.6 Å². The lowest BCUT2D eigenvalue weighted by Gasteiger charge is -2.17. The van der Waals surface area contributed by atoms with Crippen molar-refractivity contribution in [1.29, 1.82) is 0 Å². The first-order valence-electron chi connectivity index (χ1n) is 6.23. The molecule has 21 heavy (non-hydrogen) atoms. The topological polar surface area (TPSA) is 82.3 Å². The second kappa shape index (κ2) is 7.02. The van der Waals surface area contributed by atoms with Gasteiger partial charge in [-0.15, -0.1) is 0 Å². The summed E-state index contributed by atoms with van der Waals surface area (Å²) in [5, 5.41) is 5.16. The zero-order valence-electron chi connectivity index (χ0n) is 11.1. The monoisotopic (exact) mass is 370 g/mol. The molecule has 0 radical (unpaired) electrons. The Kier molecular flexibility index (Phi) is 5.33. The van der Waals surface area contributed by atoms with E-state index in [1.54, 1.807) is 18.5 Å². The number of rotatable bonds is 6. The van der Waals surface area contributed by atoms with Gasteiger partial charge in [-0.3, -0.25) is 4.98 Å². The van der Waals surface area contributed by atoms with Crippen molar-refractivity contribution in [2.75, 3.05) is 12.4 Å². The quantitative estimate of drug-likeness (QED) is 0.845. The van der Waals surface area contributed by atoms with E-state index in [4.69, 9.17) is 9.88 Å². The van der Waals surface area contributed by atoms with Crippen LogP contribution in [0.15, 0.2) is 53.3 Å². The molecule has 0 aliphatic heterocycles. The molecule has 2 rings (SSSR count). The van der Waals surface area contributed by atoms with E-state index in [9.17, 15) is 8.42 Å². The van der Waals surface area contributed by atoms with Gasteiger partial charge in [-0.25, -0.2) is 13.6 Å². The molecule has 5 nitrogen and oxygen atoms in total. The van der Waals surface area contributed by atoms with E-state index in [1.807, 2.05) is 30.3 Å². The number of hydrogen-bond donors (Lipinski definition) is 1. The zero-order chi connectivity index (χ0) is 15.3. The SMILES string of the molecule is NS(=O)(=O)CC(COc1cncc(Br)c1)c1ccccc1. The maximum Gasteiger partial charge on any atom is 0.209 e. The molecule has 1 aromatic carbocycles. The van der Waals surface area contributed by atoms with Crippen LogP contribution in [0.25, 0.3) is 0 Å². The summed E-state index contributed by atoms with van der Waals surface area (Å²) in [5.41, 5.74) is 0.870. The van der Waals surface area contributed by atoms with Crippen molar-refractivity contribution in [3.63, 3.8) is 0 Å². The molecular weight excluding hydrogens is 356 g/mol. The number of pyridine rings is 1. The molecule has 112 valence electrons. The Morgan fingerprint density at radius 1 is 1.24 bits per heavy atom. The number of nitrogens with two attached hydrogens (primary N) is 1. The number of aromatic nitrogens is 1. The number of nitrogens with zero attached hydrogens (tertiary/aromatic N) is 1. The van der Waals surface area contributed by atoms with E-state index in [0.29, 0.717) is 5.75 Å². The lowest BCUT2D eigenvalue weighted by Crippen LogP contribution is -2.25. The van der Waals surface area contributed by atoms with Crippen LogP contribution < -0.4 is 9.88 Å². The molecule has 0 saturated carbocycles. The number of sulfonamides is 1. The van der Waals surface area contributed by atoms with Crippen molar-refractivity contribution in [1.82, 2.24) is 4.98 Å². The lowest BCUT2D eigenvalue weighted by atomic mass is 10.0. The first-order valence-corrected chi connectivity index (χ1v) is 8.73. The van der Waals surface area contributed by atoms with Crippen LogP contribution in [-0.2, 0) is 10.0 Å². The highest BCUT2D eigenvalue weighted by atomic mass is 79.9. The second-order valence-electron chi connectivity index (χ2n) is 4.59. The summed E-state index contributed by atoms with van der Waals surface area (Å²) in [5.74, 6) is 0.0678. The Morgan fingerprint density at radius 3 is 2.57 bits per heavy atom. The average molecular weight is 371 g/mol. The number of hydrogen-bond acceptors (Lipinski definition) is 4. The van der Waals surface area contributed by atoms with Crippen LogP contribution in [0.4, 0.5) is 0 Å². The highest BCUT2D eigenvalue weighted by Crippen LogP contribution is 2.21. The van der Waals surface area contributed by atoms with E-state index in [2.05, 4.69) is 20.9 Å². The van der Waals surface area contributed by atoms with Crippen molar-refractivity contribution in [2.24, 2.45) is 5.14 Å². The van der Waals surface area contributed by atoms with Crippen molar-refractivity contribution in [3.8, 4) is 5.75 Å². The Morgan fingerprint density at radius 2 is 1.95 bits per heavy atom. The van der Waals surface area contributed by atoms with Gasteiger partial charge in [0.1, 0.15) is 5.75 Å². The minimum atomic E-state index is -3.59. The van der Waals surface area contributed by atoms with E-state index in [-0.39, 0.29) is 18.3 Å². The molecule has 1 atom stereocenters. The van der Waals surface area contributed by atoms with Gasteiger partial charge >= 0.3 is 0 Å². The summed E-state index contributed by atoms with van der Waals surface area (Å²) in [6.45, 7) is 0.207. The predicted octanol–water partition coefficient (Wildman–Crippen LogP) is 2.30. The largest absolute Gasteiger partial charge is 0.491 e. The molecule has 0 aliphatic rings. The molecule has 0 amide bonds. The number of primary sulfonamides is 1. The number of halogens is 1. The van der Waals surface area contributed by atoms with Crippen LogP contribution in [0.5, 0.6) is 5.75 Å². The van der Waals surface area contributed by atoms with Crippen LogP contribution in [0.2, 0.25) is 0 Å². The van der Waals surface area contributed by atoms with Crippen molar-refractivity contribution >= 4 is 26.0 Å². The zero-order valence-corrected chi connectivity index (χ0v) is 13.5. The lowest BCUT2D eigenvalue weighted by molar-refractivity contribution is 0.295. The van der Waals surface area contributed by atoms with Crippen molar-refractivity contribution in [3.05, 3.63) is 58.8 Å². The Hall–Kier alpha value is -1.44. The predicted molar refractivity (Wildman–Crippen MR) is 84.6 cm³/mol.